The summed E-state index contributed by atoms with van der Waals surface area (Å²) in [5.74, 6) is -0.252. The summed E-state index contributed by atoms with van der Waals surface area (Å²) < 4.78 is 24.3. The van der Waals surface area contributed by atoms with E-state index in [0.717, 1.165) is 51.6 Å². The summed E-state index contributed by atoms with van der Waals surface area (Å²) in [5, 5.41) is 1.95. The Morgan fingerprint density at radius 3 is 2.17 bits per heavy atom. The highest BCUT2D eigenvalue weighted by Crippen LogP contribution is 2.48. The smallest absolute Gasteiger partial charge is 0.216 e. The molecule has 0 bridgehead atoms. The van der Waals surface area contributed by atoms with Crippen molar-refractivity contribution in [2.75, 3.05) is 0 Å². The highest BCUT2D eigenvalue weighted by molar-refractivity contribution is 6.13. The lowest BCUT2D eigenvalue weighted by molar-refractivity contribution is -0.660. The number of benzene rings is 3. The van der Waals surface area contributed by atoms with Gasteiger partial charge in [0.25, 0.3) is 0 Å². The number of nitrogens with zero attached hydrogens (tertiary/aromatic N) is 1. The summed E-state index contributed by atoms with van der Waals surface area (Å²) in [6.07, 6.45) is 4.31. The van der Waals surface area contributed by atoms with Gasteiger partial charge in [0.05, 0.1) is 11.1 Å². The molecule has 0 spiro atoms. The van der Waals surface area contributed by atoms with E-state index in [2.05, 4.69) is 75.6 Å². The summed E-state index contributed by atoms with van der Waals surface area (Å²) in [7, 11) is 2.04. The van der Waals surface area contributed by atoms with Gasteiger partial charge >= 0.3 is 0 Å². The van der Waals surface area contributed by atoms with Crippen LogP contribution in [0.1, 0.15) is 57.2 Å². The Hall–Kier alpha value is -3.46. The van der Waals surface area contributed by atoms with E-state index in [0.29, 0.717) is 11.1 Å². The molecule has 0 aliphatic heterocycles. The van der Waals surface area contributed by atoms with Gasteiger partial charge in [-0.2, -0.15) is 0 Å². The van der Waals surface area contributed by atoms with Gasteiger partial charge < -0.3 is 4.42 Å². The van der Waals surface area contributed by atoms with E-state index in [9.17, 15) is 0 Å². The largest absolute Gasteiger partial charge is 0.454 e. The molecule has 5 aromatic rings. The maximum atomic E-state index is 15.6. The quantitative estimate of drug-likeness (QED) is 0.232. The summed E-state index contributed by atoms with van der Waals surface area (Å²) >= 11 is 0. The summed E-state index contributed by atoms with van der Waals surface area (Å²) in [4.78, 5) is 0. The first-order valence-corrected chi connectivity index (χ1v) is 12.8. The molecule has 0 unspecified atom stereocenters. The maximum Gasteiger partial charge on any atom is 0.216 e. The van der Waals surface area contributed by atoms with Crippen LogP contribution >= 0.6 is 0 Å². The molecular formula is C33H33FNO+. The average molecular weight is 479 g/mol. The molecule has 2 aromatic heterocycles. The van der Waals surface area contributed by atoms with Gasteiger partial charge in [-0.1, -0.05) is 58.0 Å². The van der Waals surface area contributed by atoms with Crippen LogP contribution in [0, 0.1) is 12.7 Å². The Morgan fingerprint density at radius 1 is 0.778 bits per heavy atom. The minimum atomic E-state index is -0.252. The minimum Gasteiger partial charge on any atom is -0.454 e. The van der Waals surface area contributed by atoms with Crippen LogP contribution in [-0.2, 0) is 17.9 Å². The lowest BCUT2D eigenvalue weighted by Crippen LogP contribution is -2.33. The number of aryl methyl sites for hydroxylation is 2. The molecule has 2 heterocycles. The van der Waals surface area contributed by atoms with E-state index in [1.807, 2.05) is 31.4 Å². The molecule has 0 saturated carbocycles. The zero-order chi connectivity index (χ0) is 25.4. The highest BCUT2D eigenvalue weighted by Gasteiger charge is 2.37. The zero-order valence-corrected chi connectivity index (χ0v) is 22.0. The first kappa shape index (κ1) is 23.0. The molecule has 0 N–H and O–H groups in total. The molecule has 3 heteroatoms. The number of halogens is 1. The number of aromatic nitrogens is 1. The SMILES string of the molecule is Cc1ccc2c(oc3c(-c4ccc5c(c4)C(C)(C)CCC5(C)C)c(F)ccc32)c1-c1cccc[n+]1C. The van der Waals surface area contributed by atoms with Crippen molar-refractivity contribution < 1.29 is 13.4 Å². The number of rotatable bonds is 2. The predicted molar refractivity (Wildman–Crippen MR) is 146 cm³/mol. The molecule has 0 fully saturated rings. The van der Waals surface area contributed by atoms with Crippen LogP contribution in [0.5, 0.6) is 0 Å². The topological polar surface area (TPSA) is 17.0 Å². The van der Waals surface area contributed by atoms with Crippen molar-refractivity contribution in [3.63, 3.8) is 0 Å². The highest BCUT2D eigenvalue weighted by atomic mass is 19.1. The second-order valence-corrected chi connectivity index (χ2v) is 11.8. The molecular weight excluding hydrogens is 445 g/mol. The molecule has 36 heavy (non-hydrogen) atoms. The molecule has 6 rings (SSSR count). The van der Waals surface area contributed by atoms with Gasteiger partial charge in [0.15, 0.2) is 6.20 Å². The summed E-state index contributed by atoms with van der Waals surface area (Å²) in [6.45, 7) is 11.3. The molecule has 3 aromatic carbocycles. The van der Waals surface area contributed by atoms with Crippen LogP contribution in [0.15, 0.2) is 71.3 Å². The van der Waals surface area contributed by atoms with Gasteiger partial charge in [0.1, 0.15) is 24.0 Å². The molecule has 0 atom stereocenters. The number of hydrogen-bond acceptors (Lipinski definition) is 1. The van der Waals surface area contributed by atoms with Crippen molar-refractivity contribution in [1.82, 2.24) is 0 Å². The van der Waals surface area contributed by atoms with Gasteiger partial charge in [0, 0.05) is 22.9 Å². The first-order chi connectivity index (χ1) is 17.1. The van der Waals surface area contributed by atoms with Gasteiger partial charge in [-0.05, 0) is 71.0 Å². The lowest BCUT2D eigenvalue weighted by atomic mass is 9.63. The van der Waals surface area contributed by atoms with Gasteiger partial charge in [0.2, 0.25) is 5.69 Å². The summed E-state index contributed by atoms with van der Waals surface area (Å²) in [6, 6.07) is 20.3. The second kappa shape index (κ2) is 7.77. The fourth-order valence-electron chi connectivity index (χ4n) is 6.09. The van der Waals surface area contributed by atoms with E-state index in [4.69, 9.17) is 4.42 Å². The van der Waals surface area contributed by atoms with Crippen molar-refractivity contribution in [2.24, 2.45) is 7.05 Å². The Morgan fingerprint density at radius 2 is 1.44 bits per heavy atom. The number of pyridine rings is 1. The Balaban J connectivity index is 1.65. The van der Waals surface area contributed by atoms with Crippen LogP contribution in [0.4, 0.5) is 4.39 Å². The van der Waals surface area contributed by atoms with Crippen molar-refractivity contribution in [3.8, 4) is 22.4 Å². The van der Waals surface area contributed by atoms with Crippen molar-refractivity contribution in [2.45, 2.75) is 58.3 Å². The van der Waals surface area contributed by atoms with Crippen LogP contribution in [-0.4, -0.2) is 0 Å². The average Bonchev–Trinajstić information content (AvgIpc) is 3.21. The van der Waals surface area contributed by atoms with E-state index < -0.39 is 0 Å². The van der Waals surface area contributed by atoms with Crippen LogP contribution in [0.3, 0.4) is 0 Å². The Labute approximate surface area is 212 Å². The standard InChI is InChI=1S/C33H33FNO/c1-20-10-12-22-23-13-15-26(34)29(31(23)36-30(22)28(20)27-9-7-8-18-35(27)6)21-11-14-24-25(19-21)33(4,5)17-16-32(24,2)3/h7-15,18-19H,16-17H2,1-6H3/q+1. The van der Waals surface area contributed by atoms with E-state index in [1.54, 1.807) is 6.07 Å². The lowest BCUT2D eigenvalue weighted by Gasteiger charge is -2.42. The zero-order valence-electron chi connectivity index (χ0n) is 22.0. The number of hydrogen-bond donors (Lipinski definition) is 0. The molecule has 0 amide bonds. The molecule has 0 saturated heterocycles. The predicted octanol–water partition coefficient (Wildman–Crippen LogP) is 8.54. The fraction of sp³-hybridized carbons (Fsp3) is 0.303. The normalized spacial score (nSPS) is 16.4. The molecule has 1 aliphatic rings. The van der Waals surface area contributed by atoms with Crippen molar-refractivity contribution in [1.29, 1.82) is 0 Å². The van der Waals surface area contributed by atoms with Gasteiger partial charge in [-0.15, -0.1) is 0 Å². The van der Waals surface area contributed by atoms with Gasteiger partial charge in [-0.25, -0.2) is 8.96 Å². The number of furan rings is 1. The molecule has 1 aliphatic carbocycles. The fourth-order valence-corrected chi connectivity index (χ4v) is 6.09. The summed E-state index contributed by atoms with van der Waals surface area (Å²) in [5.41, 5.74) is 8.94. The van der Waals surface area contributed by atoms with Crippen molar-refractivity contribution >= 4 is 21.9 Å². The molecule has 2 nitrogen and oxygen atoms in total. The van der Waals surface area contributed by atoms with Gasteiger partial charge in [-0.3, -0.25) is 0 Å². The minimum absolute atomic E-state index is 0.0471. The third kappa shape index (κ3) is 3.32. The van der Waals surface area contributed by atoms with Crippen LogP contribution in [0.2, 0.25) is 0 Å². The monoisotopic (exact) mass is 478 g/mol. The second-order valence-electron chi connectivity index (χ2n) is 11.8. The number of fused-ring (bicyclic) bond motifs is 4. The van der Waals surface area contributed by atoms with Crippen LogP contribution in [0.25, 0.3) is 44.3 Å². The van der Waals surface area contributed by atoms with Crippen LogP contribution < -0.4 is 4.57 Å². The van der Waals surface area contributed by atoms with E-state index in [-0.39, 0.29) is 16.6 Å². The third-order valence-electron chi connectivity index (χ3n) is 8.42. The molecule has 182 valence electrons. The third-order valence-corrected chi connectivity index (χ3v) is 8.42. The maximum absolute atomic E-state index is 15.6. The van der Waals surface area contributed by atoms with Crippen molar-refractivity contribution in [3.05, 3.63) is 89.4 Å². The Kier molecular flexibility index (Phi) is 4.96. The van der Waals surface area contributed by atoms with E-state index in [1.165, 1.54) is 11.1 Å². The van der Waals surface area contributed by atoms with E-state index >= 15 is 4.39 Å². The first-order valence-electron chi connectivity index (χ1n) is 12.8. The molecule has 0 radical (unpaired) electrons. The Bertz CT molecular complexity index is 1670.